The van der Waals surface area contributed by atoms with Crippen molar-refractivity contribution >= 4 is 38.5 Å². The highest BCUT2D eigenvalue weighted by Crippen LogP contribution is 2.44. The lowest BCUT2D eigenvalue weighted by molar-refractivity contribution is 0.0600. The van der Waals surface area contributed by atoms with Gasteiger partial charge in [-0.25, -0.2) is 17.9 Å². The van der Waals surface area contributed by atoms with Crippen LogP contribution >= 0.6 is 11.8 Å². The van der Waals surface area contributed by atoms with Gasteiger partial charge in [0.25, 0.3) is 0 Å². The average molecular weight is 520 g/mol. The van der Waals surface area contributed by atoms with Crippen LogP contribution in [0.4, 0.5) is 0 Å². The molecule has 0 spiro atoms. The Kier molecular flexibility index (Phi) is 7.00. The minimum absolute atomic E-state index is 0.131. The smallest absolute Gasteiger partial charge is 0.337 e. The molecular weight excluding hydrogens is 494 g/mol. The van der Waals surface area contributed by atoms with Gasteiger partial charge in [-0.1, -0.05) is 54.6 Å². The molecule has 1 atom stereocenters. The molecule has 1 N–H and O–H groups in total. The third-order valence-electron chi connectivity index (χ3n) is 6.14. The van der Waals surface area contributed by atoms with Crippen molar-refractivity contribution in [2.24, 2.45) is 0 Å². The molecule has 4 aromatic carbocycles. The van der Waals surface area contributed by atoms with Crippen molar-refractivity contribution in [1.29, 1.82) is 0 Å². The third kappa shape index (κ3) is 4.97. The molecule has 0 bridgehead atoms. The van der Waals surface area contributed by atoms with Crippen LogP contribution < -0.4 is 9.46 Å². The number of thioether (sulfide) groups is 1. The summed E-state index contributed by atoms with van der Waals surface area (Å²) >= 11 is 1.60. The lowest BCUT2D eigenvalue weighted by atomic mass is 9.98. The van der Waals surface area contributed by atoms with Gasteiger partial charge in [0.05, 0.1) is 22.8 Å². The summed E-state index contributed by atoms with van der Waals surface area (Å²) in [6.07, 6.45) is 0. The second-order valence-corrected chi connectivity index (χ2v) is 11.4. The Morgan fingerprint density at radius 2 is 1.75 bits per heavy atom. The number of ether oxygens (including phenoxy) is 2. The van der Waals surface area contributed by atoms with E-state index in [1.165, 1.54) is 7.11 Å². The number of carbonyl (C=O) groups excluding carboxylic acids is 1. The van der Waals surface area contributed by atoms with Gasteiger partial charge in [0.15, 0.2) is 0 Å². The van der Waals surface area contributed by atoms with Crippen LogP contribution in [-0.2, 0) is 21.4 Å². The molecule has 0 aliphatic carbocycles. The molecule has 8 heteroatoms. The van der Waals surface area contributed by atoms with E-state index in [0.29, 0.717) is 23.7 Å². The van der Waals surface area contributed by atoms with Crippen molar-refractivity contribution in [3.05, 3.63) is 107 Å². The first-order valence-corrected chi connectivity index (χ1v) is 14.0. The van der Waals surface area contributed by atoms with Crippen molar-refractivity contribution in [1.82, 2.24) is 4.72 Å². The molecule has 1 aliphatic heterocycles. The fourth-order valence-electron chi connectivity index (χ4n) is 4.32. The lowest BCUT2D eigenvalue weighted by Gasteiger charge is -2.19. The SMILES string of the molecule is COC(=O)c1ccc2c(c1)C(SCCNS(=O)(=O)c1ccc3ccccc3c1)c1ccccc1CO2. The van der Waals surface area contributed by atoms with Crippen LogP contribution in [0.25, 0.3) is 10.8 Å². The van der Waals surface area contributed by atoms with Gasteiger partial charge in [0.2, 0.25) is 10.0 Å². The number of rotatable bonds is 7. The van der Waals surface area contributed by atoms with Crippen molar-refractivity contribution in [3.63, 3.8) is 0 Å². The summed E-state index contributed by atoms with van der Waals surface area (Å²) in [6.45, 7) is 0.678. The summed E-state index contributed by atoms with van der Waals surface area (Å²) < 4.78 is 39.6. The monoisotopic (exact) mass is 519 g/mol. The predicted molar refractivity (Wildman–Crippen MR) is 142 cm³/mol. The van der Waals surface area contributed by atoms with Gasteiger partial charge in [-0.3, -0.25) is 0 Å². The van der Waals surface area contributed by atoms with Crippen LogP contribution in [0.3, 0.4) is 0 Å². The van der Waals surface area contributed by atoms with Crippen LogP contribution in [0.2, 0.25) is 0 Å². The van der Waals surface area contributed by atoms with Crippen molar-refractivity contribution in [2.45, 2.75) is 16.8 Å². The second kappa shape index (κ2) is 10.3. The van der Waals surface area contributed by atoms with Gasteiger partial charge in [-0.05, 0) is 52.2 Å². The van der Waals surface area contributed by atoms with Crippen LogP contribution in [0.1, 0.15) is 32.3 Å². The number of carbonyl (C=O) groups is 1. The molecule has 1 unspecified atom stereocenters. The number of nitrogens with one attached hydrogen (secondary N) is 1. The van der Waals surface area contributed by atoms with Crippen molar-refractivity contribution < 1.29 is 22.7 Å². The van der Waals surface area contributed by atoms with Gasteiger partial charge >= 0.3 is 5.97 Å². The Labute approximate surface area is 214 Å². The minimum Gasteiger partial charge on any atom is -0.489 e. The highest BCUT2D eigenvalue weighted by Gasteiger charge is 2.26. The largest absolute Gasteiger partial charge is 0.489 e. The van der Waals surface area contributed by atoms with Crippen LogP contribution in [0.15, 0.2) is 89.8 Å². The zero-order valence-corrected chi connectivity index (χ0v) is 21.3. The molecule has 0 amide bonds. The van der Waals surface area contributed by atoms with Gasteiger partial charge in [-0.15, -0.1) is 11.8 Å². The molecular formula is C28H25NO5S2. The maximum absolute atomic E-state index is 12.9. The number of hydrogen-bond acceptors (Lipinski definition) is 6. The number of hydrogen-bond donors (Lipinski definition) is 1. The second-order valence-electron chi connectivity index (χ2n) is 8.39. The molecule has 36 heavy (non-hydrogen) atoms. The Morgan fingerprint density at radius 3 is 2.58 bits per heavy atom. The number of esters is 1. The molecule has 6 nitrogen and oxygen atoms in total. The van der Waals surface area contributed by atoms with Gasteiger partial charge in [0, 0.05) is 17.9 Å². The van der Waals surface area contributed by atoms with E-state index in [-0.39, 0.29) is 16.7 Å². The average Bonchev–Trinajstić information content (AvgIpc) is 3.06. The van der Waals surface area contributed by atoms with Crippen LogP contribution in [-0.4, -0.2) is 33.8 Å². The first-order valence-electron chi connectivity index (χ1n) is 11.5. The molecule has 0 aromatic heterocycles. The lowest BCUT2D eigenvalue weighted by Crippen LogP contribution is -2.26. The highest BCUT2D eigenvalue weighted by molar-refractivity contribution is 7.99. The molecule has 5 rings (SSSR count). The summed E-state index contributed by atoms with van der Waals surface area (Å²) in [6, 6.07) is 26.1. The van der Waals surface area contributed by atoms with Crippen LogP contribution in [0, 0.1) is 0 Å². The van der Waals surface area contributed by atoms with E-state index in [4.69, 9.17) is 9.47 Å². The summed E-state index contributed by atoms with van der Waals surface area (Å²) in [5, 5.41) is 1.74. The van der Waals surface area contributed by atoms with Crippen molar-refractivity contribution in [3.8, 4) is 5.75 Å². The quantitative estimate of drug-likeness (QED) is 0.263. The van der Waals surface area contributed by atoms with Gasteiger partial charge in [0.1, 0.15) is 12.4 Å². The molecule has 1 heterocycles. The highest BCUT2D eigenvalue weighted by atomic mass is 32.2. The van der Waals surface area contributed by atoms with Gasteiger partial charge in [-0.2, -0.15) is 0 Å². The van der Waals surface area contributed by atoms with E-state index in [1.54, 1.807) is 42.1 Å². The Morgan fingerprint density at radius 1 is 0.972 bits per heavy atom. The topological polar surface area (TPSA) is 81.7 Å². The van der Waals surface area contributed by atoms with E-state index in [1.807, 2.05) is 48.5 Å². The number of fused-ring (bicyclic) bond motifs is 3. The summed E-state index contributed by atoms with van der Waals surface area (Å²) in [4.78, 5) is 12.4. The van der Waals surface area contributed by atoms with E-state index in [0.717, 1.165) is 27.5 Å². The maximum atomic E-state index is 12.9. The molecule has 4 aromatic rings. The van der Waals surface area contributed by atoms with Gasteiger partial charge < -0.3 is 9.47 Å². The molecule has 0 saturated carbocycles. The first kappa shape index (κ1) is 24.4. The fourth-order valence-corrected chi connectivity index (χ4v) is 6.75. The Balaban J connectivity index is 1.35. The third-order valence-corrected chi connectivity index (χ3v) is 8.88. The number of methoxy groups -OCH3 is 1. The Bertz CT molecular complexity index is 1530. The molecule has 1 aliphatic rings. The summed E-state index contributed by atoms with van der Waals surface area (Å²) in [7, 11) is -2.30. The summed E-state index contributed by atoms with van der Waals surface area (Å²) in [5.74, 6) is 0.809. The van der Waals surface area contributed by atoms with Crippen molar-refractivity contribution in [2.75, 3.05) is 19.4 Å². The van der Waals surface area contributed by atoms with E-state index < -0.39 is 16.0 Å². The number of benzene rings is 4. The maximum Gasteiger partial charge on any atom is 0.337 e. The van der Waals surface area contributed by atoms with E-state index in [9.17, 15) is 13.2 Å². The number of sulfonamides is 1. The molecule has 0 saturated heterocycles. The molecule has 0 fully saturated rings. The molecule has 0 radical (unpaired) electrons. The normalized spacial score (nSPS) is 14.9. The minimum atomic E-state index is -3.65. The zero-order chi connectivity index (χ0) is 25.1. The molecule has 184 valence electrons. The standard InChI is InChI=1S/C28H25NO5S2/c1-33-28(30)21-11-13-26-25(17-21)27(24-9-5-4-8-22(24)18-34-26)35-15-14-29-36(31,32)23-12-10-19-6-2-3-7-20(19)16-23/h2-13,16-17,27,29H,14-15,18H2,1H3. The first-order chi connectivity index (χ1) is 17.5. The van der Waals surface area contributed by atoms with E-state index in [2.05, 4.69) is 10.8 Å². The predicted octanol–water partition coefficient (Wildman–Crippen LogP) is 5.32. The zero-order valence-electron chi connectivity index (χ0n) is 19.6. The van der Waals surface area contributed by atoms with Crippen LogP contribution in [0.5, 0.6) is 5.75 Å². The summed E-state index contributed by atoms with van der Waals surface area (Å²) in [5.41, 5.74) is 3.45. The fraction of sp³-hybridized carbons (Fsp3) is 0.179. The van der Waals surface area contributed by atoms with E-state index >= 15 is 0 Å². The Hall–Kier alpha value is -3.33.